The Morgan fingerprint density at radius 1 is 1.15 bits per heavy atom. The van der Waals surface area contributed by atoms with Crippen molar-refractivity contribution < 1.29 is 38.5 Å². The van der Waals surface area contributed by atoms with Crippen molar-refractivity contribution >= 4 is 5.97 Å². The molecule has 2 aromatic rings. The second-order valence-electron chi connectivity index (χ2n) is 4.70. The number of carbonyl (C=O) groups excluding carboxylic acids is 1. The molecule has 0 aliphatic rings. The van der Waals surface area contributed by atoms with Gasteiger partial charge in [0.25, 0.3) is 5.69 Å². The highest BCUT2D eigenvalue weighted by Gasteiger charge is 2.21. The molecule has 0 radical (unpaired) electrons. The smallest absolute Gasteiger partial charge is 0.404 e. The number of H-pyrrole nitrogens is 1. The van der Waals surface area contributed by atoms with Gasteiger partial charge in [-0.25, -0.2) is 9.78 Å². The first-order chi connectivity index (χ1) is 9.08. The number of carbonyl (C=O) groups is 1. The molecule has 0 unspecified atom stereocenters. The molecule has 0 saturated heterocycles. The number of hydrogen-bond acceptors (Lipinski definition) is 2. The van der Waals surface area contributed by atoms with Crippen LogP contribution >= 0.6 is 0 Å². The average molecular weight is 383 g/mol. The van der Waals surface area contributed by atoms with Crippen molar-refractivity contribution in [3.63, 3.8) is 0 Å². The zero-order valence-corrected chi connectivity index (χ0v) is 14.0. The van der Waals surface area contributed by atoms with Gasteiger partial charge < -0.3 is 28.7 Å². The van der Waals surface area contributed by atoms with Gasteiger partial charge in [0.1, 0.15) is 6.61 Å². The average Bonchev–Trinajstić information content (AvgIpc) is 2.41. The van der Waals surface area contributed by atoms with Crippen LogP contribution in [0.25, 0.3) is 0 Å². The van der Waals surface area contributed by atoms with Crippen molar-refractivity contribution in [3.8, 4) is 0 Å². The van der Waals surface area contributed by atoms with E-state index in [1.165, 1.54) is 0 Å². The highest BCUT2D eigenvalue weighted by Crippen LogP contribution is 2.11. The monoisotopic (exact) mass is 383 g/mol. The van der Waals surface area contributed by atoms with Gasteiger partial charge in [0, 0.05) is 18.6 Å². The van der Waals surface area contributed by atoms with Gasteiger partial charge in [0.2, 0.25) is 0 Å². The minimum absolute atomic E-state index is 0. The number of aryl methyl sites for hydroxylation is 2. The summed E-state index contributed by atoms with van der Waals surface area (Å²) in [5.41, 5.74) is 4.49. The normalized spacial score (nSPS) is 9.75. The SMILES string of the molecule is Cc1cc(C)c(C)c(C(=O)OCc2ccccc2)[nH+]1.[I-]. The van der Waals surface area contributed by atoms with Crippen molar-refractivity contribution in [2.75, 3.05) is 0 Å². The van der Waals surface area contributed by atoms with E-state index in [0.29, 0.717) is 12.3 Å². The number of pyridine rings is 1. The lowest BCUT2D eigenvalue weighted by Crippen LogP contribution is -3.00. The first-order valence-corrected chi connectivity index (χ1v) is 6.29. The van der Waals surface area contributed by atoms with Crippen LogP contribution in [0, 0.1) is 20.8 Å². The number of aromatic nitrogens is 1. The Balaban J connectivity index is 0.00000200. The Morgan fingerprint density at radius 2 is 1.80 bits per heavy atom. The number of ether oxygens (including phenoxy) is 1. The minimum Gasteiger partial charge on any atom is -1.00 e. The van der Waals surface area contributed by atoms with Crippen LogP contribution in [0.1, 0.15) is 32.9 Å². The van der Waals surface area contributed by atoms with E-state index in [0.717, 1.165) is 22.4 Å². The Labute approximate surface area is 136 Å². The Morgan fingerprint density at radius 3 is 2.45 bits per heavy atom. The van der Waals surface area contributed by atoms with Gasteiger partial charge in [0.05, 0.1) is 0 Å². The van der Waals surface area contributed by atoms with Crippen molar-refractivity contribution in [2.24, 2.45) is 0 Å². The molecule has 1 aromatic carbocycles. The standard InChI is InChI=1S/C16H17NO2.HI/c1-11-9-12(2)17-15(13(11)3)16(18)19-10-14-7-5-4-6-8-14;/h4-9H,10H2,1-3H3;1H. The number of rotatable bonds is 3. The van der Waals surface area contributed by atoms with Crippen LogP contribution in [0.3, 0.4) is 0 Å². The van der Waals surface area contributed by atoms with Gasteiger partial charge >= 0.3 is 5.97 Å². The van der Waals surface area contributed by atoms with Gasteiger partial charge in [-0.2, -0.15) is 0 Å². The van der Waals surface area contributed by atoms with E-state index in [-0.39, 0.29) is 29.9 Å². The van der Waals surface area contributed by atoms with E-state index in [9.17, 15) is 4.79 Å². The molecule has 0 aliphatic heterocycles. The molecule has 0 spiro atoms. The summed E-state index contributed by atoms with van der Waals surface area (Å²) in [4.78, 5) is 15.2. The largest absolute Gasteiger partial charge is 1.00 e. The second-order valence-corrected chi connectivity index (χ2v) is 4.70. The highest BCUT2D eigenvalue weighted by molar-refractivity contribution is 5.87. The van der Waals surface area contributed by atoms with Gasteiger partial charge in [-0.15, -0.1) is 0 Å². The summed E-state index contributed by atoms with van der Waals surface area (Å²) < 4.78 is 5.33. The number of aromatic amines is 1. The number of benzene rings is 1. The Hall–Kier alpha value is -1.43. The fourth-order valence-electron chi connectivity index (χ4n) is 1.96. The molecule has 1 N–H and O–H groups in total. The predicted molar refractivity (Wildman–Crippen MR) is 72.8 cm³/mol. The molecule has 0 bridgehead atoms. The number of esters is 1. The Kier molecular flexibility index (Phi) is 6.13. The third kappa shape index (κ3) is 4.03. The molecule has 20 heavy (non-hydrogen) atoms. The quantitative estimate of drug-likeness (QED) is 0.544. The summed E-state index contributed by atoms with van der Waals surface area (Å²) in [5, 5.41) is 0. The van der Waals surface area contributed by atoms with Crippen LogP contribution in [-0.2, 0) is 11.3 Å². The molecule has 2 rings (SSSR count). The molecule has 0 amide bonds. The van der Waals surface area contributed by atoms with Gasteiger partial charge in [-0.05, 0) is 25.0 Å². The summed E-state index contributed by atoms with van der Waals surface area (Å²) in [6.07, 6.45) is 0. The van der Waals surface area contributed by atoms with Crippen LogP contribution in [0.2, 0.25) is 0 Å². The molecular weight excluding hydrogens is 365 g/mol. The maximum atomic E-state index is 12.1. The maximum absolute atomic E-state index is 12.1. The van der Waals surface area contributed by atoms with Crippen LogP contribution < -0.4 is 29.0 Å². The van der Waals surface area contributed by atoms with E-state index in [1.807, 2.05) is 57.2 Å². The molecule has 106 valence electrons. The fourth-order valence-corrected chi connectivity index (χ4v) is 1.96. The molecule has 0 fully saturated rings. The van der Waals surface area contributed by atoms with E-state index < -0.39 is 0 Å². The maximum Gasteiger partial charge on any atom is 0.404 e. The number of nitrogens with one attached hydrogen (secondary N) is 1. The van der Waals surface area contributed by atoms with Crippen molar-refractivity contribution in [1.29, 1.82) is 0 Å². The molecule has 0 aliphatic carbocycles. The Bertz CT molecular complexity index is 597. The number of hydrogen-bond donors (Lipinski definition) is 0. The van der Waals surface area contributed by atoms with E-state index in [4.69, 9.17) is 4.74 Å². The van der Waals surface area contributed by atoms with Crippen molar-refractivity contribution in [3.05, 3.63) is 64.5 Å². The zero-order chi connectivity index (χ0) is 13.8. The third-order valence-corrected chi connectivity index (χ3v) is 3.14. The topological polar surface area (TPSA) is 40.4 Å². The zero-order valence-electron chi connectivity index (χ0n) is 11.9. The lowest BCUT2D eigenvalue weighted by molar-refractivity contribution is -0.393. The molecule has 4 heteroatoms. The molecule has 0 saturated carbocycles. The highest BCUT2D eigenvalue weighted by atomic mass is 127. The second kappa shape index (κ2) is 7.38. The summed E-state index contributed by atoms with van der Waals surface area (Å²) in [6.45, 7) is 6.13. The van der Waals surface area contributed by atoms with Gasteiger partial charge in [-0.3, -0.25) is 0 Å². The minimum atomic E-state index is -0.312. The first kappa shape index (κ1) is 16.6. The fraction of sp³-hybridized carbons (Fsp3) is 0.250. The molecule has 3 nitrogen and oxygen atoms in total. The van der Waals surface area contributed by atoms with Crippen LogP contribution in [0.15, 0.2) is 36.4 Å². The molecule has 1 heterocycles. The summed E-state index contributed by atoms with van der Waals surface area (Å²) in [7, 11) is 0. The van der Waals surface area contributed by atoms with E-state index >= 15 is 0 Å². The number of halogens is 1. The third-order valence-electron chi connectivity index (χ3n) is 3.14. The van der Waals surface area contributed by atoms with Gasteiger partial charge in [0.15, 0.2) is 5.69 Å². The van der Waals surface area contributed by atoms with Crippen molar-refractivity contribution in [2.45, 2.75) is 27.4 Å². The summed E-state index contributed by atoms with van der Waals surface area (Å²) in [6, 6.07) is 11.7. The lowest BCUT2D eigenvalue weighted by atomic mass is 10.1. The summed E-state index contributed by atoms with van der Waals surface area (Å²) in [5.74, 6) is -0.312. The van der Waals surface area contributed by atoms with Gasteiger partial charge in [-0.1, -0.05) is 30.3 Å². The first-order valence-electron chi connectivity index (χ1n) is 6.29. The van der Waals surface area contributed by atoms with Crippen molar-refractivity contribution in [1.82, 2.24) is 0 Å². The molecular formula is C16H18INO2. The lowest BCUT2D eigenvalue weighted by Gasteiger charge is -2.05. The van der Waals surface area contributed by atoms with Crippen LogP contribution in [0.4, 0.5) is 0 Å². The molecule has 1 aromatic heterocycles. The predicted octanol–water partition coefficient (Wildman–Crippen LogP) is -0.213. The van der Waals surface area contributed by atoms with Crippen LogP contribution in [-0.4, -0.2) is 5.97 Å². The van der Waals surface area contributed by atoms with Crippen LogP contribution in [0.5, 0.6) is 0 Å². The van der Waals surface area contributed by atoms with E-state index in [1.54, 1.807) is 0 Å². The summed E-state index contributed by atoms with van der Waals surface area (Å²) >= 11 is 0. The van der Waals surface area contributed by atoms with E-state index in [2.05, 4.69) is 4.98 Å². The molecule has 0 atom stereocenters.